The summed E-state index contributed by atoms with van der Waals surface area (Å²) in [6.07, 6.45) is 1.07. The first-order chi connectivity index (χ1) is 10.7. The van der Waals surface area contributed by atoms with Crippen LogP contribution in [-0.4, -0.2) is 20.6 Å². The Balaban J connectivity index is 2.21. The van der Waals surface area contributed by atoms with Crippen LogP contribution in [0.2, 0.25) is 5.02 Å². The fraction of sp³-hybridized carbons (Fsp3) is 0.235. The summed E-state index contributed by atoms with van der Waals surface area (Å²) in [4.78, 5) is 12.2. The topological polar surface area (TPSA) is 60.4 Å². The Hall–Kier alpha value is -1.85. The van der Waals surface area contributed by atoms with Gasteiger partial charge in [0.05, 0.1) is 15.5 Å². The van der Waals surface area contributed by atoms with Crippen molar-refractivity contribution in [2.45, 2.75) is 25.3 Å². The second-order valence-electron chi connectivity index (χ2n) is 5.49. The average molecular weight is 353 g/mol. The predicted octanol–water partition coefficient (Wildman–Crippen LogP) is 3.72. The Bertz CT molecular complexity index is 837. The van der Waals surface area contributed by atoms with Gasteiger partial charge in [0.15, 0.2) is 9.84 Å². The molecule has 23 heavy (non-hydrogen) atoms. The van der Waals surface area contributed by atoms with Crippen molar-refractivity contribution in [2.24, 2.45) is 0 Å². The van der Waals surface area contributed by atoms with E-state index in [-0.39, 0.29) is 22.1 Å². The van der Waals surface area contributed by atoms with Crippen molar-refractivity contribution in [3.05, 3.63) is 63.7 Å². The van der Waals surface area contributed by atoms with E-state index in [4.69, 9.17) is 16.3 Å². The van der Waals surface area contributed by atoms with Gasteiger partial charge < -0.3 is 4.74 Å². The van der Waals surface area contributed by atoms with Crippen LogP contribution in [0.5, 0.6) is 0 Å². The number of hydrogen-bond acceptors (Lipinski definition) is 4. The van der Waals surface area contributed by atoms with Crippen LogP contribution in [0, 0.1) is 13.8 Å². The molecule has 4 nitrogen and oxygen atoms in total. The zero-order valence-corrected chi connectivity index (χ0v) is 14.7. The molecule has 2 rings (SSSR count). The molecule has 0 saturated carbocycles. The molecule has 0 N–H and O–H groups in total. The summed E-state index contributed by atoms with van der Waals surface area (Å²) >= 11 is 5.98. The SMILES string of the molecule is Cc1cc(C)cc(COC(=O)c2cc(S(C)(=O)=O)ccc2Cl)c1. The van der Waals surface area contributed by atoms with E-state index in [1.165, 1.54) is 18.2 Å². The fourth-order valence-electron chi connectivity index (χ4n) is 2.27. The fourth-order valence-corrected chi connectivity index (χ4v) is 3.11. The molecule has 2 aromatic carbocycles. The van der Waals surface area contributed by atoms with Gasteiger partial charge >= 0.3 is 5.97 Å². The summed E-state index contributed by atoms with van der Waals surface area (Å²) in [7, 11) is -3.42. The molecule has 0 unspecified atom stereocenters. The summed E-state index contributed by atoms with van der Waals surface area (Å²) < 4.78 is 28.4. The van der Waals surface area contributed by atoms with Gasteiger partial charge in [0.1, 0.15) is 6.61 Å². The molecule has 0 amide bonds. The van der Waals surface area contributed by atoms with Crippen LogP contribution < -0.4 is 0 Å². The minimum absolute atomic E-state index is 0.0280. The van der Waals surface area contributed by atoms with E-state index < -0.39 is 15.8 Å². The number of benzene rings is 2. The Labute approximate surface area is 141 Å². The van der Waals surface area contributed by atoms with Crippen LogP contribution in [0.4, 0.5) is 0 Å². The van der Waals surface area contributed by atoms with Gasteiger partial charge in [-0.05, 0) is 37.6 Å². The number of carbonyl (C=O) groups is 1. The standard InChI is InChI=1S/C17H17ClO4S/c1-11-6-12(2)8-13(7-11)10-22-17(19)15-9-14(23(3,20)21)4-5-16(15)18/h4-9H,10H2,1-3H3. The highest BCUT2D eigenvalue weighted by Crippen LogP contribution is 2.22. The van der Waals surface area contributed by atoms with Crippen LogP contribution >= 0.6 is 11.6 Å². The first kappa shape index (κ1) is 17.5. The summed E-state index contributed by atoms with van der Waals surface area (Å²) in [6.45, 7) is 4.02. The quantitative estimate of drug-likeness (QED) is 0.787. The van der Waals surface area contributed by atoms with Crippen molar-refractivity contribution < 1.29 is 17.9 Å². The van der Waals surface area contributed by atoms with Crippen molar-refractivity contribution in [1.82, 2.24) is 0 Å². The number of ether oxygens (including phenoxy) is 1. The second-order valence-corrected chi connectivity index (χ2v) is 7.91. The number of halogens is 1. The van der Waals surface area contributed by atoms with E-state index in [1.807, 2.05) is 32.0 Å². The molecular weight excluding hydrogens is 336 g/mol. The molecule has 0 aliphatic heterocycles. The molecule has 0 heterocycles. The number of esters is 1. The Morgan fingerprint density at radius 1 is 1.09 bits per heavy atom. The normalized spacial score (nSPS) is 11.3. The van der Waals surface area contributed by atoms with Crippen molar-refractivity contribution >= 4 is 27.4 Å². The minimum Gasteiger partial charge on any atom is -0.457 e. The van der Waals surface area contributed by atoms with Crippen molar-refractivity contribution in [3.8, 4) is 0 Å². The maximum Gasteiger partial charge on any atom is 0.340 e. The van der Waals surface area contributed by atoms with E-state index in [1.54, 1.807) is 0 Å². The molecule has 0 fully saturated rings. The van der Waals surface area contributed by atoms with Gasteiger partial charge in [0, 0.05) is 6.26 Å². The molecule has 0 saturated heterocycles. The number of carbonyl (C=O) groups excluding carboxylic acids is 1. The lowest BCUT2D eigenvalue weighted by Gasteiger charge is -2.09. The number of hydrogen-bond donors (Lipinski definition) is 0. The van der Waals surface area contributed by atoms with E-state index in [0.717, 1.165) is 22.9 Å². The van der Waals surface area contributed by atoms with E-state index in [0.29, 0.717) is 0 Å². The minimum atomic E-state index is -3.42. The number of aryl methyl sites for hydroxylation is 2. The molecule has 0 spiro atoms. The highest BCUT2D eigenvalue weighted by Gasteiger charge is 2.16. The van der Waals surface area contributed by atoms with E-state index in [9.17, 15) is 13.2 Å². The molecule has 0 atom stereocenters. The van der Waals surface area contributed by atoms with E-state index in [2.05, 4.69) is 0 Å². The third-order valence-corrected chi connectivity index (χ3v) is 4.68. The lowest BCUT2D eigenvalue weighted by Crippen LogP contribution is -2.08. The maximum absolute atomic E-state index is 12.2. The predicted molar refractivity (Wildman–Crippen MR) is 89.6 cm³/mol. The van der Waals surface area contributed by atoms with Gasteiger partial charge in [-0.3, -0.25) is 0 Å². The molecule has 0 aliphatic rings. The summed E-state index contributed by atoms with van der Waals surface area (Å²) in [5.41, 5.74) is 3.06. The van der Waals surface area contributed by atoms with Gasteiger partial charge in [0.25, 0.3) is 0 Å². The molecule has 6 heteroatoms. The smallest absolute Gasteiger partial charge is 0.340 e. The Morgan fingerprint density at radius 2 is 1.70 bits per heavy atom. The first-order valence-electron chi connectivity index (χ1n) is 6.91. The Morgan fingerprint density at radius 3 is 2.26 bits per heavy atom. The second kappa shape index (κ2) is 6.72. The molecule has 0 aliphatic carbocycles. The largest absolute Gasteiger partial charge is 0.457 e. The van der Waals surface area contributed by atoms with Crippen LogP contribution in [0.15, 0.2) is 41.3 Å². The molecule has 2 aromatic rings. The van der Waals surface area contributed by atoms with Gasteiger partial charge in [-0.1, -0.05) is 40.9 Å². The highest BCUT2D eigenvalue weighted by molar-refractivity contribution is 7.90. The lowest BCUT2D eigenvalue weighted by atomic mass is 10.1. The number of rotatable bonds is 4. The van der Waals surface area contributed by atoms with Gasteiger partial charge in [0.2, 0.25) is 0 Å². The zero-order chi connectivity index (χ0) is 17.2. The van der Waals surface area contributed by atoms with Crippen molar-refractivity contribution in [1.29, 1.82) is 0 Å². The van der Waals surface area contributed by atoms with Crippen LogP contribution in [0.1, 0.15) is 27.0 Å². The molecule has 0 bridgehead atoms. The summed E-state index contributed by atoms with van der Waals surface area (Å²) in [5.74, 6) is -0.653. The Kier molecular flexibility index (Phi) is 5.12. The van der Waals surface area contributed by atoms with Crippen LogP contribution in [0.3, 0.4) is 0 Å². The highest BCUT2D eigenvalue weighted by atomic mass is 35.5. The monoisotopic (exact) mass is 352 g/mol. The van der Waals surface area contributed by atoms with Crippen LogP contribution in [-0.2, 0) is 21.2 Å². The molecule has 0 radical (unpaired) electrons. The zero-order valence-electron chi connectivity index (χ0n) is 13.1. The third-order valence-electron chi connectivity index (χ3n) is 3.24. The molecule has 122 valence electrons. The lowest BCUT2D eigenvalue weighted by molar-refractivity contribution is 0.0472. The van der Waals surface area contributed by atoms with Crippen molar-refractivity contribution in [2.75, 3.05) is 6.26 Å². The van der Waals surface area contributed by atoms with Gasteiger partial charge in [-0.2, -0.15) is 0 Å². The summed E-state index contributed by atoms with van der Waals surface area (Å²) in [6, 6.07) is 9.85. The third kappa shape index (κ3) is 4.56. The van der Waals surface area contributed by atoms with Gasteiger partial charge in [-0.25, -0.2) is 13.2 Å². The summed E-state index contributed by atoms with van der Waals surface area (Å²) in [5, 5.41) is 0.155. The van der Waals surface area contributed by atoms with Gasteiger partial charge in [-0.15, -0.1) is 0 Å². The van der Waals surface area contributed by atoms with Crippen LogP contribution in [0.25, 0.3) is 0 Å². The molecular formula is C17H17ClO4S. The first-order valence-corrected chi connectivity index (χ1v) is 9.17. The maximum atomic E-state index is 12.2. The molecule has 0 aromatic heterocycles. The average Bonchev–Trinajstić information content (AvgIpc) is 2.43. The van der Waals surface area contributed by atoms with E-state index >= 15 is 0 Å². The number of sulfone groups is 1. The van der Waals surface area contributed by atoms with Crippen molar-refractivity contribution in [3.63, 3.8) is 0 Å².